The maximum atomic E-state index is 12.8. The number of rotatable bonds is 6. The van der Waals surface area contributed by atoms with Gasteiger partial charge in [-0.15, -0.1) is 0 Å². The molecule has 0 aromatic heterocycles. The second-order valence-electron chi connectivity index (χ2n) is 7.29. The Balaban J connectivity index is 1.78. The van der Waals surface area contributed by atoms with Gasteiger partial charge in [-0.05, 0) is 67.4 Å². The maximum absolute atomic E-state index is 12.8. The van der Waals surface area contributed by atoms with Gasteiger partial charge in [-0.3, -0.25) is 14.3 Å². The van der Waals surface area contributed by atoms with E-state index in [1.807, 2.05) is 13.0 Å². The van der Waals surface area contributed by atoms with Crippen LogP contribution in [-0.2, 0) is 14.8 Å². The van der Waals surface area contributed by atoms with Crippen LogP contribution in [0.3, 0.4) is 0 Å². The van der Waals surface area contributed by atoms with Crippen molar-refractivity contribution in [1.29, 1.82) is 0 Å². The van der Waals surface area contributed by atoms with E-state index in [1.54, 1.807) is 49.4 Å². The Morgan fingerprint density at radius 1 is 0.875 bits per heavy atom. The van der Waals surface area contributed by atoms with Gasteiger partial charge in [-0.1, -0.05) is 29.8 Å². The number of amides is 2. The zero-order valence-corrected chi connectivity index (χ0v) is 19.3. The number of carbonyl (C=O) groups is 2. The highest BCUT2D eigenvalue weighted by molar-refractivity contribution is 7.92. The van der Waals surface area contributed by atoms with Gasteiger partial charge in [0.1, 0.15) is 0 Å². The molecule has 0 saturated heterocycles. The number of aryl methyl sites for hydroxylation is 2. The Morgan fingerprint density at radius 3 is 2.31 bits per heavy atom. The molecule has 2 amide bonds. The first-order valence-electron chi connectivity index (χ1n) is 9.64. The zero-order chi connectivity index (χ0) is 23.5. The van der Waals surface area contributed by atoms with E-state index < -0.39 is 15.9 Å². The highest BCUT2D eigenvalue weighted by Crippen LogP contribution is 2.26. The number of hydrogen-bond donors (Lipinski definition) is 3. The van der Waals surface area contributed by atoms with E-state index in [4.69, 9.17) is 11.6 Å². The quantitative estimate of drug-likeness (QED) is 0.472. The normalized spacial score (nSPS) is 11.0. The summed E-state index contributed by atoms with van der Waals surface area (Å²) in [6.45, 7) is 4.91. The molecule has 3 aromatic carbocycles. The third-order valence-corrected chi connectivity index (χ3v) is 6.38. The highest BCUT2D eigenvalue weighted by atomic mass is 35.5. The van der Waals surface area contributed by atoms with Crippen LogP contribution in [0.15, 0.2) is 65.6 Å². The van der Waals surface area contributed by atoms with Crippen LogP contribution in [0.5, 0.6) is 0 Å². The molecule has 0 spiro atoms. The monoisotopic (exact) mass is 471 g/mol. The number of carbonyl (C=O) groups excluding carboxylic acids is 2. The largest absolute Gasteiger partial charge is 0.325 e. The molecule has 3 N–H and O–H groups in total. The molecule has 0 aliphatic heterocycles. The summed E-state index contributed by atoms with van der Waals surface area (Å²) in [7, 11) is -3.82. The molecule has 9 heteroatoms. The fourth-order valence-corrected chi connectivity index (χ4v) is 4.63. The first-order chi connectivity index (χ1) is 15.0. The molecule has 0 aliphatic rings. The van der Waals surface area contributed by atoms with Crippen molar-refractivity contribution in [3.05, 3.63) is 82.4 Å². The Morgan fingerprint density at radius 2 is 1.62 bits per heavy atom. The molecule has 3 aromatic rings. The zero-order valence-electron chi connectivity index (χ0n) is 17.7. The summed E-state index contributed by atoms with van der Waals surface area (Å²) in [5.41, 5.74) is 2.82. The van der Waals surface area contributed by atoms with Crippen LogP contribution in [-0.4, -0.2) is 20.2 Å². The average molecular weight is 472 g/mol. The fourth-order valence-electron chi connectivity index (χ4n) is 3.02. The lowest BCUT2D eigenvalue weighted by Crippen LogP contribution is -2.16. The van der Waals surface area contributed by atoms with E-state index in [0.717, 1.165) is 5.56 Å². The molecular formula is C23H22ClN3O4S. The second kappa shape index (κ2) is 9.42. The van der Waals surface area contributed by atoms with Crippen LogP contribution in [0.25, 0.3) is 0 Å². The molecule has 3 rings (SSSR count). The lowest BCUT2D eigenvalue weighted by molar-refractivity contribution is -0.114. The van der Waals surface area contributed by atoms with Crippen molar-refractivity contribution in [2.75, 3.05) is 15.4 Å². The molecule has 0 aliphatic carbocycles. The average Bonchev–Trinajstić information content (AvgIpc) is 2.71. The summed E-state index contributed by atoms with van der Waals surface area (Å²) in [6.07, 6.45) is 0. The summed E-state index contributed by atoms with van der Waals surface area (Å²) in [5, 5.41) is 5.56. The molecule has 0 unspecified atom stereocenters. The molecule has 0 bridgehead atoms. The molecule has 0 saturated carbocycles. The van der Waals surface area contributed by atoms with Crippen molar-refractivity contribution in [1.82, 2.24) is 0 Å². The minimum atomic E-state index is -3.82. The minimum Gasteiger partial charge on any atom is -0.325 e. The fraction of sp³-hybridized carbons (Fsp3) is 0.130. The van der Waals surface area contributed by atoms with Crippen LogP contribution in [0.1, 0.15) is 28.4 Å². The predicted molar refractivity (Wildman–Crippen MR) is 127 cm³/mol. The van der Waals surface area contributed by atoms with Gasteiger partial charge in [-0.25, -0.2) is 8.42 Å². The Hall–Kier alpha value is -3.36. The van der Waals surface area contributed by atoms with Gasteiger partial charge in [0.15, 0.2) is 0 Å². The molecule has 0 heterocycles. The van der Waals surface area contributed by atoms with E-state index in [0.29, 0.717) is 16.9 Å². The molecule has 166 valence electrons. The van der Waals surface area contributed by atoms with E-state index in [1.165, 1.54) is 19.1 Å². The SMILES string of the molecule is CC(=O)Nc1ccc(NC(=O)c2cccc(NS(=O)(=O)c3cc(C)ccc3C)c2)cc1Cl. The maximum Gasteiger partial charge on any atom is 0.262 e. The first-order valence-corrected chi connectivity index (χ1v) is 11.5. The Kier molecular flexibility index (Phi) is 6.86. The van der Waals surface area contributed by atoms with Crippen LogP contribution in [0, 0.1) is 13.8 Å². The molecule has 0 radical (unpaired) electrons. The standard InChI is InChI=1S/C23H22ClN3O4S/c1-14-7-8-15(2)22(11-14)32(30,31)27-19-6-4-5-17(12-19)23(29)26-18-9-10-21(20(24)13-18)25-16(3)28/h4-13,27H,1-3H3,(H,25,28)(H,26,29). The van der Waals surface area contributed by atoms with Gasteiger partial charge in [-0.2, -0.15) is 0 Å². The number of hydrogen-bond acceptors (Lipinski definition) is 4. The van der Waals surface area contributed by atoms with Gasteiger partial charge in [0.2, 0.25) is 5.91 Å². The number of benzene rings is 3. The number of halogens is 1. The van der Waals surface area contributed by atoms with E-state index in [2.05, 4.69) is 15.4 Å². The summed E-state index contributed by atoms with van der Waals surface area (Å²) < 4.78 is 28.2. The molecular weight excluding hydrogens is 450 g/mol. The van der Waals surface area contributed by atoms with Crippen molar-refractivity contribution in [2.24, 2.45) is 0 Å². The van der Waals surface area contributed by atoms with E-state index in [9.17, 15) is 18.0 Å². The van der Waals surface area contributed by atoms with Crippen LogP contribution >= 0.6 is 11.6 Å². The third kappa shape index (κ3) is 5.66. The van der Waals surface area contributed by atoms with E-state index >= 15 is 0 Å². The third-order valence-electron chi connectivity index (χ3n) is 4.55. The Labute approximate surface area is 191 Å². The van der Waals surface area contributed by atoms with Gasteiger partial charge in [0.25, 0.3) is 15.9 Å². The van der Waals surface area contributed by atoms with Gasteiger partial charge in [0.05, 0.1) is 15.6 Å². The minimum absolute atomic E-state index is 0.182. The van der Waals surface area contributed by atoms with Crippen molar-refractivity contribution in [2.45, 2.75) is 25.7 Å². The van der Waals surface area contributed by atoms with Gasteiger partial charge >= 0.3 is 0 Å². The lowest BCUT2D eigenvalue weighted by Gasteiger charge is -2.12. The van der Waals surface area contributed by atoms with Crippen molar-refractivity contribution in [3.63, 3.8) is 0 Å². The predicted octanol–water partition coefficient (Wildman–Crippen LogP) is 4.97. The molecule has 32 heavy (non-hydrogen) atoms. The van der Waals surface area contributed by atoms with Gasteiger partial charge < -0.3 is 10.6 Å². The van der Waals surface area contributed by atoms with Crippen molar-refractivity contribution in [3.8, 4) is 0 Å². The topological polar surface area (TPSA) is 104 Å². The number of anilines is 3. The summed E-state index contributed by atoms with van der Waals surface area (Å²) in [5.74, 6) is -0.704. The summed E-state index contributed by atoms with van der Waals surface area (Å²) >= 11 is 6.14. The highest BCUT2D eigenvalue weighted by Gasteiger charge is 2.18. The van der Waals surface area contributed by atoms with Crippen LogP contribution in [0.2, 0.25) is 5.02 Å². The van der Waals surface area contributed by atoms with Gasteiger partial charge in [0, 0.05) is 23.9 Å². The van der Waals surface area contributed by atoms with Crippen molar-refractivity contribution < 1.29 is 18.0 Å². The Bertz CT molecular complexity index is 1310. The summed E-state index contributed by atoms with van der Waals surface area (Å²) in [6, 6.07) is 16.0. The van der Waals surface area contributed by atoms with Crippen LogP contribution in [0.4, 0.5) is 17.1 Å². The molecule has 0 atom stereocenters. The van der Waals surface area contributed by atoms with Crippen molar-refractivity contribution >= 4 is 50.5 Å². The molecule has 0 fully saturated rings. The van der Waals surface area contributed by atoms with Crippen LogP contribution < -0.4 is 15.4 Å². The molecule has 7 nitrogen and oxygen atoms in total. The van der Waals surface area contributed by atoms with E-state index in [-0.39, 0.29) is 27.1 Å². The summed E-state index contributed by atoms with van der Waals surface area (Å²) in [4.78, 5) is 24.0. The first kappa shape index (κ1) is 23.3. The second-order valence-corrected chi connectivity index (χ2v) is 9.34. The smallest absolute Gasteiger partial charge is 0.262 e. The number of nitrogens with one attached hydrogen (secondary N) is 3. The lowest BCUT2D eigenvalue weighted by atomic mass is 10.2. The number of sulfonamides is 1.